The lowest BCUT2D eigenvalue weighted by molar-refractivity contribution is 0.407. The molecule has 0 saturated heterocycles. The number of halogens is 2. The normalized spacial score (nSPS) is 10.5. The number of anilines is 1. The lowest BCUT2D eigenvalue weighted by Gasteiger charge is -2.09. The van der Waals surface area contributed by atoms with Crippen LogP contribution in [-0.2, 0) is 6.54 Å². The summed E-state index contributed by atoms with van der Waals surface area (Å²) in [6.45, 7) is 0.535. The molecule has 0 aliphatic heterocycles. The number of nitrogens with zero attached hydrogens (tertiary/aromatic N) is 3. The Labute approximate surface area is 115 Å². The zero-order valence-corrected chi connectivity index (χ0v) is 12.2. The van der Waals surface area contributed by atoms with E-state index in [0.717, 1.165) is 15.8 Å². The van der Waals surface area contributed by atoms with Crippen molar-refractivity contribution in [1.29, 1.82) is 0 Å². The molecule has 90 valence electrons. The molecule has 0 unspecified atom stereocenters. The van der Waals surface area contributed by atoms with Crippen LogP contribution in [0.4, 0.5) is 5.95 Å². The number of nitrogens with two attached hydrogens (primary N) is 1. The van der Waals surface area contributed by atoms with Gasteiger partial charge in [0.25, 0.3) is 0 Å². The Morgan fingerprint density at radius 3 is 2.76 bits per heavy atom. The van der Waals surface area contributed by atoms with E-state index in [-0.39, 0.29) is 5.95 Å². The summed E-state index contributed by atoms with van der Waals surface area (Å²) >= 11 is 6.72. The van der Waals surface area contributed by atoms with Crippen LogP contribution in [0.15, 0.2) is 27.4 Å². The van der Waals surface area contributed by atoms with Crippen molar-refractivity contribution in [3.8, 4) is 5.75 Å². The molecule has 1 aromatic heterocycles. The summed E-state index contributed by atoms with van der Waals surface area (Å²) in [5.74, 6) is 1.04. The van der Waals surface area contributed by atoms with Gasteiger partial charge in [-0.25, -0.2) is 4.68 Å². The topological polar surface area (TPSA) is 66.0 Å². The fourth-order valence-electron chi connectivity index (χ4n) is 1.47. The molecular weight excluding hydrogens is 352 g/mol. The van der Waals surface area contributed by atoms with E-state index in [1.165, 1.54) is 0 Å². The molecule has 1 heterocycles. The van der Waals surface area contributed by atoms with Crippen LogP contribution in [0.3, 0.4) is 0 Å². The van der Waals surface area contributed by atoms with Gasteiger partial charge < -0.3 is 10.5 Å². The number of aromatic nitrogens is 3. The second kappa shape index (κ2) is 5.05. The largest absolute Gasteiger partial charge is 0.496 e. The molecular formula is C10H10Br2N4O. The van der Waals surface area contributed by atoms with Crippen LogP contribution in [0.1, 0.15) is 5.56 Å². The van der Waals surface area contributed by atoms with Gasteiger partial charge in [0.15, 0.2) is 4.73 Å². The van der Waals surface area contributed by atoms with Gasteiger partial charge in [-0.1, -0.05) is 15.9 Å². The first-order chi connectivity index (χ1) is 8.10. The Kier molecular flexibility index (Phi) is 3.68. The smallest absolute Gasteiger partial charge is 0.240 e. The van der Waals surface area contributed by atoms with Gasteiger partial charge in [0.05, 0.1) is 13.7 Å². The highest BCUT2D eigenvalue weighted by Gasteiger charge is 2.09. The molecule has 0 spiro atoms. The molecule has 5 nitrogen and oxygen atoms in total. The molecule has 2 rings (SSSR count). The molecule has 2 N–H and O–H groups in total. The van der Waals surface area contributed by atoms with Crippen LogP contribution in [0.25, 0.3) is 0 Å². The molecule has 0 bridgehead atoms. The monoisotopic (exact) mass is 360 g/mol. The minimum absolute atomic E-state index is 0.242. The van der Waals surface area contributed by atoms with Gasteiger partial charge in [-0.05, 0) is 34.1 Å². The fraction of sp³-hybridized carbons (Fsp3) is 0.200. The standard InChI is InChI=1S/C10H10Br2N4O/c1-17-8-3-2-7(11)4-6(8)5-16-9(12)14-10(13)15-16/h2-4H,5H2,1H3,(H2,13,15). The lowest BCUT2D eigenvalue weighted by Crippen LogP contribution is -2.04. The maximum absolute atomic E-state index is 5.52. The fourth-order valence-corrected chi connectivity index (χ4v) is 2.27. The van der Waals surface area contributed by atoms with Crippen LogP contribution >= 0.6 is 31.9 Å². The number of hydrogen-bond acceptors (Lipinski definition) is 4. The SMILES string of the molecule is COc1ccc(Br)cc1Cn1nc(N)nc1Br. The second-order valence-electron chi connectivity index (χ2n) is 3.35. The minimum atomic E-state index is 0.242. The summed E-state index contributed by atoms with van der Waals surface area (Å²) in [7, 11) is 1.64. The van der Waals surface area contributed by atoms with Crippen molar-refractivity contribution in [2.45, 2.75) is 6.54 Å². The summed E-state index contributed by atoms with van der Waals surface area (Å²) in [6.07, 6.45) is 0. The maximum Gasteiger partial charge on any atom is 0.240 e. The van der Waals surface area contributed by atoms with Gasteiger partial charge in [-0.3, -0.25) is 0 Å². The minimum Gasteiger partial charge on any atom is -0.496 e. The van der Waals surface area contributed by atoms with Gasteiger partial charge in [-0.15, -0.1) is 5.10 Å². The van der Waals surface area contributed by atoms with E-state index in [9.17, 15) is 0 Å². The summed E-state index contributed by atoms with van der Waals surface area (Å²) in [6, 6.07) is 5.80. The molecule has 0 aliphatic carbocycles. The maximum atomic E-state index is 5.52. The highest BCUT2D eigenvalue weighted by molar-refractivity contribution is 9.10. The van der Waals surface area contributed by atoms with Gasteiger partial charge in [0.1, 0.15) is 5.75 Å². The van der Waals surface area contributed by atoms with E-state index in [1.807, 2.05) is 18.2 Å². The molecule has 0 amide bonds. The third-order valence-corrected chi connectivity index (χ3v) is 3.29. The van der Waals surface area contributed by atoms with Crippen molar-refractivity contribution in [2.24, 2.45) is 0 Å². The number of ether oxygens (including phenoxy) is 1. The van der Waals surface area contributed by atoms with Crippen LogP contribution in [0, 0.1) is 0 Å². The van der Waals surface area contributed by atoms with E-state index in [2.05, 4.69) is 41.9 Å². The number of methoxy groups -OCH3 is 1. The third kappa shape index (κ3) is 2.78. The molecule has 0 radical (unpaired) electrons. The highest BCUT2D eigenvalue weighted by Crippen LogP contribution is 2.24. The van der Waals surface area contributed by atoms with E-state index in [4.69, 9.17) is 10.5 Å². The zero-order valence-electron chi connectivity index (χ0n) is 9.02. The first-order valence-corrected chi connectivity index (χ1v) is 6.37. The van der Waals surface area contributed by atoms with Crippen LogP contribution < -0.4 is 10.5 Å². The highest BCUT2D eigenvalue weighted by atomic mass is 79.9. The van der Waals surface area contributed by atoms with E-state index >= 15 is 0 Å². The van der Waals surface area contributed by atoms with E-state index < -0.39 is 0 Å². The number of hydrogen-bond donors (Lipinski definition) is 1. The van der Waals surface area contributed by atoms with Gasteiger partial charge in [0.2, 0.25) is 5.95 Å². The quantitative estimate of drug-likeness (QED) is 0.911. The lowest BCUT2D eigenvalue weighted by atomic mass is 10.2. The Morgan fingerprint density at radius 2 is 2.18 bits per heavy atom. The molecule has 0 fully saturated rings. The van der Waals surface area contributed by atoms with Crippen molar-refractivity contribution < 1.29 is 4.74 Å². The molecule has 0 saturated carbocycles. The second-order valence-corrected chi connectivity index (χ2v) is 4.98. The van der Waals surface area contributed by atoms with Gasteiger partial charge in [-0.2, -0.15) is 4.98 Å². The zero-order chi connectivity index (χ0) is 12.4. The van der Waals surface area contributed by atoms with Crippen LogP contribution in [-0.4, -0.2) is 21.9 Å². The first-order valence-electron chi connectivity index (χ1n) is 4.78. The molecule has 0 aliphatic rings. The number of rotatable bonds is 3. The Bertz CT molecular complexity index is 541. The number of nitrogen functional groups attached to an aromatic ring is 1. The molecule has 17 heavy (non-hydrogen) atoms. The van der Waals surface area contributed by atoms with Crippen molar-refractivity contribution in [2.75, 3.05) is 12.8 Å². The van der Waals surface area contributed by atoms with Crippen molar-refractivity contribution in [3.63, 3.8) is 0 Å². The molecule has 7 heteroatoms. The Morgan fingerprint density at radius 1 is 1.41 bits per heavy atom. The summed E-state index contributed by atoms with van der Waals surface area (Å²) < 4.78 is 8.53. The Hall–Kier alpha value is -1.08. The van der Waals surface area contributed by atoms with Gasteiger partial charge in [0, 0.05) is 10.0 Å². The van der Waals surface area contributed by atoms with Crippen LogP contribution in [0.5, 0.6) is 5.75 Å². The predicted octanol–water partition coefficient (Wildman–Crippen LogP) is 2.44. The van der Waals surface area contributed by atoms with E-state index in [0.29, 0.717) is 11.3 Å². The summed E-state index contributed by atoms with van der Waals surface area (Å²) in [4.78, 5) is 3.98. The first kappa shape index (κ1) is 12.4. The van der Waals surface area contributed by atoms with Crippen molar-refractivity contribution in [1.82, 2.24) is 14.8 Å². The van der Waals surface area contributed by atoms with Gasteiger partial charge >= 0.3 is 0 Å². The van der Waals surface area contributed by atoms with Crippen molar-refractivity contribution >= 4 is 37.8 Å². The average Bonchev–Trinajstić information content (AvgIpc) is 2.58. The van der Waals surface area contributed by atoms with Crippen molar-refractivity contribution in [3.05, 3.63) is 33.0 Å². The Balaban J connectivity index is 2.35. The average molecular weight is 362 g/mol. The van der Waals surface area contributed by atoms with Crippen LogP contribution in [0.2, 0.25) is 0 Å². The summed E-state index contributed by atoms with van der Waals surface area (Å²) in [5, 5.41) is 4.08. The number of benzene rings is 1. The molecule has 1 aromatic carbocycles. The molecule has 0 atom stereocenters. The predicted molar refractivity (Wildman–Crippen MR) is 71.9 cm³/mol. The van der Waals surface area contributed by atoms with E-state index in [1.54, 1.807) is 11.8 Å². The third-order valence-electron chi connectivity index (χ3n) is 2.21. The summed E-state index contributed by atoms with van der Waals surface area (Å²) in [5.41, 5.74) is 6.51. The molecule has 2 aromatic rings.